The second-order valence-electron chi connectivity index (χ2n) is 1.80. The Morgan fingerprint density at radius 2 is 2.36 bits per heavy atom. The maximum atomic E-state index is 4.20. The lowest BCUT2D eigenvalue weighted by atomic mass is 10.6. The smallest absolute Gasteiger partial charge is 0.189 e. The highest BCUT2D eigenvalue weighted by Gasteiger charge is 2.00. The second kappa shape index (κ2) is 3.92. The van der Waals surface area contributed by atoms with E-state index in [1.54, 1.807) is 6.20 Å². The van der Waals surface area contributed by atoms with Gasteiger partial charge in [-0.05, 0) is 22.2 Å². The van der Waals surface area contributed by atoms with E-state index in [2.05, 4.69) is 31.2 Å². The molecule has 1 aromatic rings. The van der Waals surface area contributed by atoms with Gasteiger partial charge >= 0.3 is 0 Å². The lowest BCUT2D eigenvalue weighted by molar-refractivity contribution is 0.964. The predicted octanol–water partition coefficient (Wildman–Crippen LogP) is 2.00. The van der Waals surface area contributed by atoms with Crippen LogP contribution in [0.3, 0.4) is 0 Å². The lowest BCUT2D eigenvalue weighted by Gasteiger charge is -2.02. The fraction of sp³-hybridized carbons (Fsp3) is 0.333. The monoisotopic (exact) mass is 233 g/mol. The minimum atomic E-state index is 0.776. The average molecular weight is 234 g/mol. The summed E-state index contributed by atoms with van der Waals surface area (Å²) in [5, 5.41) is 3.73. The molecule has 11 heavy (non-hydrogen) atoms. The molecule has 0 aliphatic heterocycles. The second-order valence-corrected chi connectivity index (χ2v) is 3.43. The van der Waals surface area contributed by atoms with Gasteiger partial charge in [-0.2, -0.15) is 0 Å². The highest BCUT2D eigenvalue weighted by atomic mass is 79.9. The Hall–Kier alpha value is -0.290. The van der Waals surface area contributed by atoms with Gasteiger partial charge < -0.3 is 5.32 Å². The van der Waals surface area contributed by atoms with Crippen LogP contribution in [0.4, 0.5) is 5.82 Å². The zero-order valence-corrected chi connectivity index (χ0v) is 8.66. The summed E-state index contributed by atoms with van der Waals surface area (Å²) in [4.78, 5) is 8.27. The predicted molar refractivity (Wildman–Crippen MR) is 51.1 cm³/mol. The van der Waals surface area contributed by atoms with Gasteiger partial charge in [-0.25, -0.2) is 9.97 Å². The zero-order chi connectivity index (χ0) is 8.27. The molecule has 1 heterocycles. The van der Waals surface area contributed by atoms with Crippen molar-refractivity contribution in [2.75, 3.05) is 18.6 Å². The molecule has 0 bridgehead atoms. The molecule has 0 unspecified atom stereocenters. The normalized spacial score (nSPS) is 9.73. The van der Waals surface area contributed by atoms with Crippen molar-refractivity contribution in [1.82, 2.24) is 9.97 Å². The Kier molecular flexibility index (Phi) is 3.14. The van der Waals surface area contributed by atoms with Crippen molar-refractivity contribution in [2.24, 2.45) is 0 Å². The molecule has 0 aliphatic carbocycles. The molecule has 0 saturated carbocycles. The Labute approximate surface area is 78.1 Å². The van der Waals surface area contributed by atoms with Crippen molar-refractivity contribution in [3.63, 3.8) is 0 Å². The van der Waals surface area contributed by atoms with Crippen molar-refractivity contribution < 1.29 is 0 Å². The first-order valence-corrected chi connectivity index (χ1v) is 5.04. The SMILES string of the molecule is CNc1nc(SC)ncc1Br. The van der Waals surface area contributed by atoms with Gasteiger partial charge in [0.05, 0.1) is 4.47 Å². The summed E-state index contributed by atoms with van der Waals surface area (Å²) >= 11 is 4.85. The first-order chi connectivity index (χ1) is 5.27. The van der Waals surface area contributed by atoms with Crippen LogP contribution in [0, 0.1) is 0 Å². The summed E-state index contributed by atoms with van der Waals surface area (Å²) in [6, 6.07) is 0. The molecule has 0 saturated heterocycles. The van der Waals surface area contributed by atoms with E-state index in [1.807, 2.05) is 13.3 Å². The van der Waals surface area contributed by atoms with Crippen molar-refractivity contribution in [1.29, 1.82) is 0 Å². The zero-order valence-electron chi connectivity index (χ0n) is 6.26. The van der Waals surface area contributed by atoms with Crippen LogP contribution in [0.1, 0.15) is 0 Å². The van der Waals surface area contributed by atoms with E-state index < -0.39 is 0 Å². The van der Waals surface area contributed by atoms with Crippen molar-refractivity contribution in [3.8, 4) is 0 Å². The van der Waals surface area contributed by atoms with Gasteiger partial charge in [-0.1, -0.05) is 11.8 Å². The van der Waals surface area contributed by atoms with Crippen LogP contribution in [0.5, 0.6) is 0 Å². The van der Waals surface area contributed by atoms with Crippen LogP contribution in [-0.4, -0.2) is 23.3 Å². The van der Waals surface area contributed by atoms with E-state index in [9.17, 15) is 0 Å². The van der Waals surface area contributed by atoms with Crippen molar-refractivity contribution in [3.05, 3.63) is 10.7 Å². The molecule has 0 aromatic carbocycles. The maximum Gasteiger partial charge on any atom is 0.189 e. The Bertz CT molecular complexity index is 254. The number of anilines is 1. The summed E-state index contributed by atoms with van der Waals surface area (Å²) in [5.74, 6) is 0.823. The summed E-state index contributed by atoms with van der Waals surface area (Å²) in [7, 11) is 1.83. The fourth-order valence-electron chi connectivity index (χ4n) is 0.625. The van der Waals surface area contributed by atoms with E-state index in [0.29, 0.717) is 0 Å². The fourth-order valence-corrected chi connectivity index (χ4v) is 1.35. The van der Waals surface area contributed by atoms with E-state index >= 15 is 0 Å². The molecule has 0 radical (unpaired) electrons. The molecule has 3 nitrogen and oxygen atoms in total. The van der Waals surface area contributed by atoms with E-state index in [4.69, 9.17) is 0 Å². The number of aromatic nitrogens is 2. The van der Waals surface area contributed by atoms with Crippen LogP contribution in [0.2, 0.25) is 0 Å². The van der Waals surface area contributed by atoms with Crippen LogP contribution in [-0.2, 0) is 0 Å². The lowest BCUT2D eigenvalue weighted by Crippen LogP contribution is -1.96. The van der Waals surface area contributed by atoms with Crippen molar-refractivity contribution in [2.45, 2.75) is 5.16 Å². The molecular formula is C6H8BrN3S. The Morgan fingerprint density at radius 1 is 1.64 bits per heavy atom. The maximum absolute atomic E-state index is 4.20. The number of nitrogens with zero attached hydrogens (tertiary/aromatic N) is 2. The first-order valence-electron chi connectivity index (χ1n) is 3.02. The van der Waals surface area contributed by atoms with E-state index in [0.717, 1.165) is 15.4 Å². The summed E-state index contributed by atoms with van der Waals surface area (Å²) in [5.41, 5.74) is 0. The number of rotatable bonds is 2. The highest BCUT2D eigenvalue weighted by molar-refractivity contribution is 9.10. The standard InChI is InChI=1S/C6H8BrN3S/c1-8-5-4(7)3-9-6(10-5)11-2/h3H,1-2H3,(H,8,9,10). The molecule has 0 spiro atoms. The molecule has 1 rings (SSSR count). The number of thioether (sulfide) groups is 1. The largest absolute Gasteiger partial charge is 0.372 e. The minimum Gasteiger partial charge on any atom is -0.372 e. The van der Waals surface area contributed by atoms with E-state index in [-0.39, 0.29) is 0 Å². The first kappa shape index (κ1) is 8.80. The Balaban J connectivity index is 3.02. The molecule has 0 fully saturated rings. The third kappa shape index (κ3) is 2.07. The third-order valence-corrected chi connectivity index (χ3v) is 2.28. The third-order valence-electron chi connectivity index (χ3n) is 1.14. The molecular weight excluding hydrogens is 226 g/mol. The summed E-state index contributed by atoms with van der Waals surface area (Å²) in [6.45, 7) is 0. The number of hydrogen-bond acceptors (Lipinski definition) is 4. The summed E-state index contributed by atoms with van der Waals surface area (Å²) in [6.07, 6.45) is 3.69. The topological polar surface area (TPSA) is 37.8 Å². The van der Waals surface area contributed by atoms with Gasteiger partial charge in [0.15, 0.2) is 5.16 Å². The molecule has 0 amide bonds. The van der Waals surface area contributed by atoms with Crippen LogP contribution in [0.25, 0.3) is 0 Å². The molecule has 60 valence electrons. The van der Waals surface area contributed by atoms with Crippen LogP contribution in [0.15, 0.2) is 15.8 Å². The molecule has 0 aliphatic rings. The number of hydrogen-bond donors (Lipinski definition) is 1. The molecule has 1 aromatic heterocycles. The Morgan fingerprint density at radius 3 is 2.91 bits per heavy atom. The number of halogens is 1. The van der Waals surface area contributed by atoms with Gasteiger partial charge in [0, 0.05) is 13.2 Å². The average Bonchev–Trinajstić information content (AvgIpc) is 2.05. The van der Waals surface area contributed by atoms with Crippen LogP contribution < -0.4 is 5.32 Å². The van der Waals surface area contributed by atoms with Gasteiger partial charge in [0.2, 0.25) is 0 Å². The van der Waals surface area contributed by atoms with Crippen molar-refractivity contribution >= 4 is 33.5 Å². The van der Waals surface area contributed by atoms with Gasteiger partial charge in [-0.15, -0.1) is 0 Å². The van der Waals surface area contributed by atoms with Gasteiger partial charge in [0.25, 0.3) is 0 Å². The summed E-state index contributed by atoms with van der Waals surface area (Å²) < 4.78 is 0.887. The molecule has 1 N–H and O–H groups in total. The number of nitrogens with one attached hydrogen (secondary N) is 1. The van der Waals surface area contributed by atoms with Crippen LogP contribution >= 0.6 is 27.7 Å². The molecule has 0 atom stereocenters. The highest BCUT2D eigenvalue weighted by Crippen LogP contribution is 2.20. The quantitative estimate of drug-likeness (QED) is 0.627. The van der Waals surface area contributed by atoms with Gasteiger partial charge in [0.1, 0.15) is 5.82 Å². The minimum absolute atomic E-state index is 0.776. The van der Waals surface area contributed by atoms with Gasteiger partial charge in [-0.3, -0.25) is 0 Å². The van der Waals surface area contributed by atoms with E-state index in [1.165, 1.54) is 11.8 Å². The molecule has 5 heteroatoms.